The number of hydrogen-bond donors (Lipinski definition) is 0. The smallest absolute Gasteiger partial charge is 0.101 e. The number of fused-ring (bicyclic) bond motifs is 2. The zero-order chi connectivity index (χ0) is 6.48. The summed E-state index contributed by atoms with van der Waals surface area (Å²) in [7, 11) is 0. The van der Waals surface area contributed by atoms with Crippen LogP contribution >= 0.6 is 23.2 Å². The summed E-state index contributed by atoms with van der Waals surface area (Å²) in [5, 5.41) is 0. The van der Waals surface area contributed by atoms with Crippen molar-refractivity contribution in [1.29, 1.82) is 0 Å². The molecule has 2 rings (SSSR count). The van der Waals surface area contributed by atoms with Gasteiger partial charge < -0.3 is 0 Å². The maximum absolute atomic E-state index is 6.03. The maximum Gasteiger partial charge on any atom is 0.121 e. The van der Waals surface area contributed by atoms with Crippen molar-refractivity contribution in [3.05, 3.63) is 0 Å². The summed E-state index contributed by atoms with van der Waals surface area (Å²) in [4.78, 5) is 0. The first-order valence-electron chi connectivity index (χ1n) is 3.56. The molecule has 0 N–H and O–H groups in total. The molecule has 2 fully saturated rings. The molecule has 0 radical (unpaired) electrons. The van der Waals surface area contributed by atoms with Crippen LogP contribution in [0.15, 0.2) is 0 Å². The average Bonchev–Trinajstić information content (AvgIpc) is 2.19. The molecule has 0 aromatic heterocycles. The molecule has 2 aliphatic carbocycles. The Bertz CT molecular complexity index is 131. The van der Waals surface area contributed by atoms with E-state index in [0.717, 1.165) is 12.3 Å². The van der Waals surface area contributed by atoms with E-state index in [4.69, 9.17) is 23.2 Å². The minimum atomic E-state index is -0.344. The van der Waals surface area contributed by atoms with Crippen LogP contribution in [0, 0.1) is 11.8 Å². The Morgan fingerprint density at radius 1 is 1.22 bits per heavy atom. The van der Waals surface area contributed by atoms with Crippen LogP contribution in [-0.4, -0.2) is 4.33 Å². The Balaban J connectivity index is 2.18. The Morgan fingerprint density at radius 2 is 2.00 bits per heavy atom. The van der Waals surface area contributed by atoms with E-state index in [2.05, 4.69) is 0 Å². The first-order valence-corrected chi connectivity index (χ1v) is 4.32. The summed E-state index contributed by atoms with van der Waals surface area (Å²) in [6, 6.07) is 0. The lowest BCUT2D eigenvalue weighted by Crippen LogP contribution is -2.20. The molecule has 9 heavy (non-hydrogen) atoms. The summed E-state index contributed by atoms with van der Waals surface area (Å²) in [6.07, 6.45) is 4.96. The SMILES string of the molecule is ClC1(Cl)CC2CCC1C2. The number of rotatable bonds is 0. The number of alkyl halides is 2. The average molecular weight is 165 g/mol. The topological polar surface area (TPSA) is 0 Å². The largest absolute Gasteiger partial charge is 0.121 e. The second-order valence-corrected chi connectivity index (χ2v) is 4.88. The van der Waals surface area contributed by atoms with E-state index in [1.165, 1.54) is 19.3 Å². The monoisotopic (exact) mass is 164 g/mol. The van der Waals surface area contributed by atoms with E-state index in [1.807, 2.05) is 0 Å². The van der Waals surface area contributed by atoms with Gasteiger partial charge in [0.25, 0.3) is 0 Å². The van der Waals surface area contributed by atoms with Crippen molar-refractivity contribution in [1.82, 2.24) is 0 Å². The Kier molecular flexibility index (Phi) is 1.26. The molecule has 0 nitrogen and oxygen atoms in total. The molecule has 0 aliphatic heterocycles. The quantitative estimate of drug-likeness (QED) is 0.484. The summed E-state index contributed by atoms with van der Waals surface area (Å²) >= 11 is 12.1. The predicted molar refractivity (Wildman–Crippen MR) is 39.9 cm³/mol. The molecule has 0 spiro atoms. The zero-order valence-electron chi connectivity index (χ0n) is 5.24. The van der Waals surface area contributed by atoms with Gasteiger partial charge in [0.1, 0.15) is 4.33 Å². The molecule has 2 saturated carbocycles. The standard InChI is InChI=1S/C7H10Cl2/c8-7(9)4-5-1-2-6(7)3-5/h5-6H,1-4H2. The van der Waals surface area contributed by atoms with Gasteiger partial charge in [-0.1, -0.05) is 0 Å². The minimum absolute atomic E-state index is 0.344. The van der Waals surface area contributed by atoms with Crippen LogP contribution in [0.25, 0.3) is 0 Å². The number of halogens is 2. The Labute approximate surface area is 65.5 Å². The van der Waals surface area contributed by atoms with Crippen LogP contribution in [0.1, 0.15) is 25.7 Å². The molecule has 2 atom stereocenters. The minimum Gasteiger partial charge on any atom is -0.101 e. The highest BCUT2D eigenvalue weighted by Gasteiger charge is 2.48. The summed E-state index contributed by atoms with van der Waals surface area (Å²) in [5.41, 5.74) is 0. The van der Waals surface area contributed by atoms with Gasteiger partial charge in [0.05, 0.1) is 0 Å². The van der Waals surface area contributed by atoms with Crippen LogP contribution < -0.4 is 0 Å². The normalized spacial score (nSPS) is 46.0. The fourth-order valence-electron chi connectivity index (χ4n) is 2.20. The van der Waals surface area contributed by atoms with Crippen LogP contribution in [0.4, 0.5) is 0 Å². The number of hydrogen-bond acceptors (Lipinski definition) is 0. The van der Waals surface area contributed by atoms with Crippen molar-refractivity contribution in [3.8, 4) is 0 Å². The zero-order valence-corrected chi connectivity index (χ0v) is 6.75. The van der Waals surface area contributed by atoms with Gasteiger partial charge in [-0.25, -0.2) is 0 Å². The van der Waals surface area contributed by atoms with Gasteiger partial charge >= 0.3 is 0 Å². The molecule has 0 aromatic rings. The summed E-state index contributed by atoms with van der Waals surface area (Å²) < 4.78 is -0.344. The molecule has 0 heterocycles. The van der Waals surface area contributed by atoms with Gasteiger partial charge in [0.2, 0.25) is 0 Å². The van der Waals surface area contributed by atoms with Gasteiger partial charge in [-0.3, -0.25) is 0 Å². The molecule has 0 aromatic carbocycles. The van der Waals surface area contributed by atoms with E-state index in [-0.39, 0.29) is 4.33 Å². The molecule has 52 valence electrons. The lowest BCUT2D eigenvalue weighted by molar-refractivity contribution is 0.455. The predicted octanol–water partition coefficient (Wildman–Crippen LogP) is 2.98. The Hall–Kier alpha value is 0.580. The summed E-state index contributed by atoms with van der Waals surface area (Å²) in [5.74, 6) is 1.47. The van der Waals surface area contributed by atoms with Crippen molar-refractivity contribution in [2.24, 2.45) is 11.8 Å². The molecular formula is C7H10Cl2. The molecule has 0 saturated heterocycles. The van der Waals surface area contributed by atoms with Crippen molar-refractivity contribution >= 4 is 23.2 Å². The third kappa shape index (κ3) is 0.877. The maximum atomic E-state index is 6.03. The van der Waals surface area contributed by atoms with Crippen LogP contribution in [0.3, 0.4) is 0 Å². The van der Waals surface area contributed by atoms with E-state index in [1.54, 1.807) is 0 Å². The first-order chi connectivity index (χ1) is 4.18. The van der Waals surface area contributed by atoms with E-state index in [0.29, 0.717) is 5.92 Å². The van der Waals surface area contributed by atoms with Gasteiger partial charge in [-0.2, -0.15) is 0 Å². The third-order valence-corrected chi connectivity index (χ3v) is 3.63. The van der Waals surface area contributed by atoms with Gasteiger partial charge in [-0.15, -0.1) is 23.2 Å². The lowest BCUT2D eigenvalue weighted by atomic mass is 10.00. The van der Waals surface area contributed by atoms with Crippen molar-refractivity contribution in [2.45, 2.75) is 30.0 Å². The van der Waals surface area contributed by atoms with Crippen LogP contribution in [-0.2, 0) is 0 Å². The highest BCUT2D eigenvalue weighted by atomic mass is 35.5. The van der Waals surface area contributed by atoms with Gasteiger partial charge in [-0.05, 0) is 37.5 Å². The van der Waals surface area contributed by atoms with Crippen LogP contribution in [0.5, 0.6) is 0 Å². The highest BCUT2D eigenvalue weighted by Crippen LogP contribution is 2.56. The van der Waals surface area contributed by atoms with E-state index >= 15 is 0 Å². The highest BCUT2D eigenvalue weighted by molar-refractivity contribution is 6.48. The molecule has 0 amide bonds. The fourth-order valence-corrected chi connectivity index (χ4v) is 3.03. The third-order valence-electron chi connectivity index (χ3n) is 2.70. The second-order valence-electron chi connectivity index (χ2n) is 3.34. The van der Waals surface area contributed by atoms with Crippen LogP contribution in [0.2, 0.25) is 0 Å². The van der Waals surface area contributed by atoms with Gasteiger partial charge in [0.15, 0.2) is 0 Å². The molecule has 2 aliphatic rings. The van der Waals surface area contributed by atoms with Crippen molar-refractivity contribution < 1.29 is 0 Å². The van der Waals surface area contributed by atoms with Gasteiger partial charge in [0, 0.05) is 0 Å². The Morgan fingerprint density at radius 3 is 2.22 bits per heavy atom. The molecular weight excluding hydrogens is 155 g/mol. The molecule has 2 unspecified atom stereocenters. The van der Waals surface area contributed by atoms with E-state index in [9.17, 15) is 0 Å². The summed E-state index contributed by atoms with van der Waals surface area (Å²) in [6.45, 7) is 0. The lowest BCUT2D eigenvalue weighted by Gasteiger charge is -2.23. The fraction of sp³-hybridized carbons (Fsp3) is 1.00. The van der Waals surface area contributed by atoms with Crippen molar-refractivity contribution in [2.75, 3.05) is 0 Å². The molecule has 2 heteroatoms. The van der Waals surface area contributed by atoms with E-state index < -0.39 is 0 Å². The molecule has 2 bridgehead atoms. The van der Waals surface area contributed by atoms with Crippen molar-refractivity contribution in [3.63, 3.8) is 0 Å². The first kappa shape index (κ1) is 6.30. The second kappa shape index (κ2) is 1.79.